The van der Waals surface area contributed by atoms with Gasteiger partial charge in [-0.05, 0) is 19.0 Å². The second-order valence-corrected chi connectivity index (χ2v) is 15.0. The van der Waals surface area contributed by atoms with Gasteiger partial charge in [0.15, 0.2) is 0 Å². The topological polar surface area (TPSA) is 29.4 Å². The van der Waals surface area contributed by atoms with Gasteiger partial charge in [-0.1, -0.05) is 83.5 Å². The number of hydrogen-bond donors (Lipinski definition) is 0. The third-order valence-corrected chi connectivity index (χ3v) is 6.57. The second-order valence-electron chi connectivity index (χ2n) is 6.74. The molecule has 0 aliphatic carbocycles. The molecule has 0 aromatic carbocycles. The van der Waals surface area contributed by atoms with Crippen molar-refractivity contribution in [2.24, 2.45) is 4.99 Å². The van der Waals surface area contributed by atoms with E-state index in [4.69, 9.17) is 22.2 Å². The SMILES string of the molecule is C[Si](Cl)(Cl)CCCCCCCCCCCCCCCCN=C=O. The molecule has 0 bridgehead atoms. The van der Waals surface area contributed by atoms with Crippen molar-refractivity contribution < 1.29 is 4.79 Å². The minimum absolute atomic E-state index is 0.655. The van der Waals surface area contributed by atoms with E-state index in [1.165, 1.54) is 83.5 Å². The maximum Gasteiger partial charge on any atom is 0.248 e. The Labute approximate surface area is 153 Å². The fourth-order valence-electron chi connectivity index (χ4n) is 2.79. The van der Waals surface area contributed by atoms with Crippen molar-refractivity contribution in [3.63, 3.8) is 0 Å². The van der Waals surface area contributed by atoms with E-state index in [0.29, 0.717) is 6.54 Å². The lowest BCUT2D eigenvalue weighted by molar-refractivity contribution is 0.535. The van der Waals surface area contributed by atoms with Crippen molar-refractivity contribution in [3.8, 4) is 0 Å². The zero-order chi connectivity index (χ0) is 17.2. The third-order valence-electron chi connectivity index (χ3n) is 4.20. The quantitative estimate of drug-likeness (QED) is 0.0853. The van der Waals surface area contributed by atoms with Gasteiger partial charge in [0.2, 0.25) is 12.8 Å². The number of unbranched alkanes of at least 4 members (excludes halogenated alkanes) is 13. The van der Waals surface area contributed by atoms with Crippen LogP contribution in [0.2, 0.25) is 12.6 Å². The molecule has 0 heterocycles. The van der Waals surface area contributed by atoms with Crippen LogP contribution >= 0.6 is 22.2 Å². The summed E-state index contributed by atoms with van der Waals surface area (Å²) in [7, 11) is 0. The number of halogens is 2. The van der Waals surface area contributed by atoms with Gasteiger partial charge >= 0.3 is 0 Å². The van der Waals surface area contributed by atoms with Gasteiger partial charge in [-0.25, -0.2) is 9.79 Å². The molecule has 136 valence electrons. The molecule has 5 heteroatoms. The van der Waals surface area contributed by atoms with E-state index in [0.717, 1.165) is 12.5 Å². The molecule has 0 aliphatic heterocycles. The number of carbonyl (C=O) groups excluding carboxylic acids is 1. The molecule has 2 nitrogen and oxygen atoms in total. The molecule has 0 spiro atoms. The summed E-state index contributed by atoms with van der Waals surface area (Å²) >= 11 is 12.2. The van der Waals surface area contributed by atoms with Gasteiger partial charge in [0, 0.05) is 0 Å². The average molecular weight is 380 g/mol. The highest BCUT2D eigenvalue weighted by atomic mass is 35.7. The fourth-order valence-corrected chi connectivity index (χ4v) is 4.47. The van der Waals surface area contributed by atoms with Crippen molar-refractivity contribution in [3.05, 3.63) is 0 Å². The third kappa shape index (κ3) is 22.2. The molecule has 0 radical (unpaired) electrons. The monoisotopic (exact) mass is 379 g/mol. The summed E-state index contributed by atoms with van der Waals surface area (Å²) in [6, 6.07) is 1.04. The maximum absolute atomic E-state index is 9.89. The lowest BCUT2D eigenvalue weighted by Crippen LogP contribution is -2.11. The van der Waals surface area contributed by atoms with Crippen molar-refractivity contribution in [2.75, 3.05) is 6.54 Å². The first-order valence-corrected chi connectivity index (χ1v) is 14.2. The Morgan fingerprint density at radius 2 is 1.04 bits per heavy atom. The van der Waals surface area contributed by atoms with Crippen LogP contribution in [0.5, 0.6) is 0 Å². The predicted molar refractivity (Wildman–Crippen MR) is 106 cm³/mol. The van der Waals surface area contributed by atoms with Gasteiger partial charge in [0.25, 0.3) is 0 Å². The van der Waals surface area contributed by atoms with Gasteiger partial charge in [-0.2, -0.15) is 0 Å². The summed E-state index contributed by atoms with van der Waals surface area (Å²) in [6.07, 6.45) is 19.9. The summed E-state index contributed by atoms with van der Waals surface area (Å²) < 4.78 is 0. The Morgan fingerprint density at radius 1 is 0.696 bits per heavy atom. The molecule has 0 saturated carbocycles. The van der Waals surface area contributed by atoms with Crippen LogP contribution in [0, 0.1) is 0 Å². The van der Waals surface area contributed by atoms with Gasteiger partial charge < -0.3 is 0 Å². The van der Waals surface area contributed by atoms with E-state index in [9.17, 15) is 4.79 Å². The Morgan fingerprint density at radius 3 is 1.39 bits per heavy atom. The lowest BCUT2D eigenvalue weighted by atomic mass is 10.0. The summed E-state index contributed by atoms with van der Waals surface area (Å²) in [5.41, 5.74) is 0. The van der Waals surface area contributed by atoms with E-state index in [1.807, 2.05) is 6.55 Å². The van der Waals surface area contributed by atoms with Gasteiger partial charge in [0.1, 0.15) is 0 Å². The molecule has 0 N–H and O–H groups in total. The molecular formula is C18H35Cl2NOSi. The van der Waals surface area contributed by atoms with Crippen molar-refractivity contribution in [1.29, 1.82) is 0 Å². The van der Waals surface area contributed by atoms with Crippen LogP contribution in [0.1, 0.15) is 89.9 Å². The van der Waals surface area contributed by atoms with E-state index in [-0.39, 0.29) is 0 Å². The molecule has 0 aliphatic rings. The number of hydrogen-bond acceptors (Lipinski definition) is 2. The highest BCUT2D eigenvalue weighted by Gasteiger charge is 2.19. The molecule has 0 atom stereocenters. The standard InChI is InChI=1S/C18H35Cl2NOSi/c1-23(19,20)17-15-13-11-9-7-5-3-2-4-6-8-10-12-14-16-21-18-22/h2-17H2,1H3. The van der Waals surface area contributed by atoms with Crippen molar-refractivity contribution in [2.45, 2.75) is 102 Å². The normalized spacial score (nSPS) is 11.4. The minimum atomic E-state index is -1.84. The van der Waals surface area contributed by atoms with Crippen LogP contribution in [0.15, 0.2) is 4.99 Å². The molecule has 0 aromatic heterocycles. The molecule has 0 aromatic rings. The predicted octanol–water partition coefficient (Wildman–Crippen LogP) is 7.33. The highest BCUT2D eigenvalue weighted by molar-refractivity contribution is 7.44. The van der Waals surface area contributed by atoms with E-state index < -0.39 is 6.69 Å². The number of nitrogens with zero attached hydrogens (tertiary/aromatic N) is 1. The molecule has 0 fully saturated rings. The fraction of sp³-hybridized carbons (Fsp3) is 0.944. The van der Waals surface area contributed by atoms with E-state index in [1.54, 1.807) is 6.08 Å². The number of isocyanates is 1. The molecule has 0 rings (SSSR count). The lowest BCUT2D eigenvalue weighted by Gasteiger charge is -2.09. The van der Waals surface area contributed by atoms with Crippen LogP contribution < -0.4 is 0 Å². The summed E-state index contributed by atoms with van der Waals surface area (Å²) in [5.74, 6) is 0. The summed E-state index contributed by atoms with van der Waals surface area (Å²) in [5, 5.41) is 0. The molecule has 23 heavy (non-hydrogen) atoms. The van der Waals surface area contributed by atoms with Crippen LogP contribution in [-0.4, -0.2) is 19.3 Å². The zero-order valence-corrected chi connectivity index (χ0v) is 17.4. The molecular weight excluding hydrogens is 345 g/mol. The van der Waals surface area contributed by atoms with Crippen LogP contribution in [0.3, 0.4) is 0 Å². The van der Waals surface area contributed by atoms with Crippen LogP contribution in [-0.2, 0) is 4.79 Å². The summed E-state index contributed by atoms with van der Waals surface area (Å²) in [4.78, 5) is 13.5. The van der Waals surface area contributed by atoms with Crippen LogP contribution in [0.25, 0.3) is 0 Å². The van der Waals surface area contributed by atoms with E-state index >= 15 is 0 Å². The van der Waals surface area contributed by atoms with Crippen molar-refractivity contribution >= 4 is 34.9 Å². The molecule has 0 amide bonds. The smallest absolute Gasteiger partial charge is 0.211 e. The minimum Gasteiger partial charge on any atom is -0.211 e. The zero-order valence-electron chi connectivity index (χ0n) is 14.9. The Hall–Kier alpha value is 0.177. The first-order chi connectivity index (χ1) is 11.1. The largest absolute Gasteiger partial charge is 0.248 e. The Kier molecular flexibility index (Phi) is 17.1. The van der Waals surface area contributed by atoms with Gasteiger partial charge in [-0.15, -0.1) is 22.2 Å². The Bertz CT molecular complexity index is 302. The highest BCUT2D eigenvalue weighted by Crippen LogP contribution is 2.23. The molecule has 0 unspecified atom stereocenters. The first-order valence-electron chi connectivity index (χ1n) is 9.48. The average Bonchev–Trinajstić information content (AvgIpc) is 2.49. The van der Waals surface area contributed by atoms with Gasteiger partial charge in [0.05, 0.1) is 6.54 Å². The number of rotatable bonds is 17. The second kappa shape index (κ2) is 17.0. The molecule has 0 saturated heterocycles. The van der Waals surface area contributed by atoms with Crippen LogP contribution in [0.4, 0.5) is 0 Å². The first kappa shape index (κ1) is 23.2. The van der Waals surface area contributed by atoms with E-state index in [2.05, 4.69) is 4.99 Å². The van der Waals surface area contributed by atoms with Gasteiger partial charge in [-0.3, -0.25) is 0 Å². The maximum atomic E-state index is 9.89. The Balaban J connectivity index is 3.04. The number of aliphatic imine (C=N–C) groups is 1. The van der Waals surface area contributed by atoms with Crippen molar-refractivity contribution in [1.82, 2.24) is 0 Å². The summed E-state index contributed by atoms with van der Waals surface area (Å²) in [6.45, 7) is 0.826.